The predicted octanol–water partition coefficient (Wildman–Crippen LogP) is 2.74. The van der Waals surface area contributed by atoms with Gasteiger partial charge in [-0.25, -0.2) is 0 Å². The summed E-state index contributed by atoms with van der Waals surface area (Å²) in [6.07, 6.45) is 1.89. The van der Waals surface area contributed by atoms with Crippen molar-refractivity contribution in [2.75, 3.05) is 12.9 Å². The van der Waals surface area contributed by atoms with E-state index < -0.39 is 0 Å². The smallest absolute Gasteiger partial charge is 0.137 e. The highest BCUT2D eigenvalue weighted by Gasteiger charge is 1.93. The number of hydrogen-bond donors (Lipinski definition) is 0. The Kier molecular flexibility index (Phi) is 3.80. The van der Waals surface area contributed by atoms with Crippen LogP contribution in [0.3, 0.4) is 0 Å². The van der Waals surface area contributed by atoms with Gasteiger partial charge in [0.15, 0.2) is 0 Å². The van der Waals surface area contributed by atoms with Crippen molar-refractivity contribution in [3.05, 3.63) is 24.3 Å². The molecule has 0 atom stereocenters. The second-order valence-corrected chi connectivity index (χ2v) is 2.65. The van der Waals surface area contributed by atoms with Crippen LogP contribution in [0.15, 0.2) is 24.3 Å². The number of benzene rings is 1. The molecule has 0 spiro atoms. The van der Waals surface area contributed by atoms with Crippen molar-refractivity contribution in [3.63, 3.8) is 0 Å². The zero-order valence-electron chi connectivity index (χ0n) is 7.24. The minimum absolute atomic E-state index is 0.697. The van der Waals surface area contributed by atoms with Gasteiger partial charge in [-0.3, -0.25) is 0 Å². The van der Waals surface area contributed by atoms with Crippen molar-refractivity contribution in [3.8, 4) is 11.5 Å². The van der Waals surface area contributed by atoms with Gasteiger partial charge in [-0.2, -0.15) is 0 Å². The van der Waals surface area contributed by atoms with Crippen LogP contribution in [-0.4, -0.2) is 12.9 Å². The van der Waals surface area contributed by atoms with E-state index in [0.717, 1.165) is 11.5 Å². The molecular formula is C9H12O2S. The van der Waals surface area contributed by atoms with Gasteiger partial charge in [-0.15, -0.1) is 0 Å². The molecule has 0 aromatic heterocycles. The Morgan fingerprint density at radius 1 is 1.17 bits per heavy atom. The van der Waals surface area contributed by atoms with E-state index in [-0.39, 0.29) is 0 Å². The average molecular weight is 184 g/mol. The quantitative estimate of drug-likeness (QED) is 0.670. The van der Waals surface area contributed by atoms with Crippen LogP contribution in [0.2, 0.25) is 0 Å². The van der Waals surface area contributed by atoms with Crippen molar-refractivity contribution in [2.24, 2.45) is 0 Å². The van der Waals surface area contributed by atoms with E-state index in [9.17, 15) is 0 Å². The first-order valence-electron chi connectivity index (χ1n) is 3.80. The molecule has 0 heterocycles. The van der Waals surface area contributed by atoms with Gasteiger partial charge in [-0.05, 0) is 31.2 Å². The lowest BCUT2D eigenvalue weighted by Crippen LogP contribution is -1.90. The van der Waals surface area contributed by atoms with Crippen LogP contribution in [0, 0.1) is 0 Å². The largest absolute Gasteiger partial charge is 0.494 e. The van der Waals surface area contributed by atoms with E-state index >= 15 is 0 Å². The molecule has 0 fully saturated rings. The van der Waals surface area contributed by atoms with Gasteiger partial charge in [0.25, 0.3) is 0 Å². The summed E-state index contributed by atoms with van der Waals surface area (Å²) in [5.41, 5.74) is 0. The normalized spacial score (nSPS) is 9.50. The Hall–Kier alpha value is -0.830. The van der Waals surface area contributed by atoms with Crippen molar-refractivity contribution >= 4 is 12.0 Å². The highest BCUT2D eigenvalue weighted by Crippen LogP contribution is 2.19. The fourth-order valence-electron chi connectivity index (χ4n) is 0.854. The van der Waals surface area contributed by atoms with E-state index in [4.69, 9.17) is 8.92 Å². The van der Waals surface area contributed by atoms with Gasteiger partial charge in [0.2, 0.25) is 0 Å². The third kappa shape index (κ3) is 2.66. The standard InChI is InChI=1S/C9H12O2S/c1-3-10-8-4-6-9(7-5-8)11-12-2/h4-7H,3H2,1-2H3. The van der Waals surface area contributed by atoms with Gasteiger partial charge in [0.1, 0.15) is 11.5 Å². The fraction of sp³-hybridized carbons (Fsp3) is 0.333. The lowest BCUT2D eigenvalue weighted by atomic mass is 10.3. The van der Waals surface area contributed by atoms with E-state index in [2.05, 4.69) is 0 Å². The van der Waals surface area contributed by atoms with E-state index in [1.165, 1.54) is 12.0 Å². The van der Waals surface area contributed by atoms with E-state index in [1.54, 1.807) is 0 Å². The minimum Gasteiger partial charge on any atom is -0.494 e. The molecular weight excluding hydrogens is 172 g/mol. The van der Waals surface area contributed by atoms with E-state index in [0.29, 0.717) is 6.61 Å². The first-order valence-corrected chi connectivity index (χ1v) is 4.95. The molecule has 66 valence electrons. The van der Waals surface area contributed by atoms with Crippen molar-refractivity contribution in [1.82, 2.24) is 0 Å². The van der Waals surface area contributed by atoms with Crippen molar-refractivity contribution < 1.29 is 8.92 Å². The molecule has 1 aromatic carbocycles. The summed E-state index contributed by atoms with van der Waals surface area (Å²) >= 11 is 1.33. The molecule has 0 saturated carbocycles. The first kappa shape index (κ1) is 9.26. The SMILES string of the molecule is CCOc1ccc(OSC)cc1. The molecule has 0 radical (unpaired) electrons. The number of ether oxygens (including phenoxy) is 1. The Morgan fingerprint density at radius 3 is 2.25 bits per heavy atom. The minimum atomic E-state index is 0.697. The van der Waals surface area contributed by atoms with Gasteiger partial charge in [-0.1, -0.05) is 0 Å². The van der Waals surface area contributed by atoms with Crippen LogP contribution in [-0.2, 0) is 0 Å². The molecule has 0 aliphatic heterocycles. The monoisotopic (exact) mass is 184 g/mol. The molecule has 0 N–H and O–H groups in total. The molecule has 0 aliphatic carbocycles. The Balaban J connectivity index is 2.58. The third-order valence-electron chi connectivity index (χ3n) is 1.31. The zero-order valence-corrected chi connectivity index (χ0v) is 8.06. The molecule has 0 amide bonds. The lowest BCUT2D eigenvalue weighted by Gasteiger charge is -2.03. The molecule has 1 aromatic rings. The highest BCUT2D eigenvalue weighted by molar-refractivity contribution is 7.94. The maximum Gasteiger partial charge on any atom is 0.137 e. The fourth-order valence-corrected chi connectivity index (χ4v) is 1.16. The Morgan fingerprint density at radius 2 is 1.75 bits per heavy atom. The van der Waals surface area contributed by atoms with Crippen LogP contribution in [0.5, 0.6) is 11.5 Å². The van der Waals surface area contributed by atoms with Crippen LogP contribution in [0.4, 0.5) is 0 Å². The summed E-state index contributed by atoms with van der Waals surface area (Å²) in [5.74, 6) is 1.73. The summed E-state index contributed by atoms with van der Waals surface area (Å²) in [5, 5.41) is 0. The topological polar surface area (TPSA) is 18.5 Å². The van der Waals surface area contributed by atoms with Gasteiger partial charge in [0, 0.05) is 6.26 Å². The van der Waals surface area contributed by atoms with Gasteiger partial charge >= 0.3 is 0 Å². The summed E-state index contributed by atoms with van der Waals surface area (Å²) in [6.45, 7) is 2.66. The number of rotatable bonds is 4. The van der Waals surface area contributed by atoms with Crippen LogP contribution in [0.25, 0.3) is 0 Å². The first-order chi connectivity index (χ1) is 5.86. The molecule has 1 rings (SSSR count). The molecule has 3 heteroatoms. The maximum atomic E-state index is 5.28. The third-order valence-corrected chi connectivity index (χ3v) is 1.67. The highest BCUT2D eigenvalue weighted by atomic mass is 32.2. The Labute approximate surface area is 77.1 Å². The molecule has 0 aliphatic rings. The second-order valence-electron chi connectivity index (χ2n) is 2.15. The molecule has 0 bridgehead atoms. The zero-order chi connectivity index (χ0) is 8.81. The summed E-state index contributed by atoms with van der Waals surface area (Å²) < 4.78 is 10.5. The maximum absolute atomic E-state index is 5.28. The molecule has 0 saturated heterocycles. The predicted molar refractivity (Wildman–Crippen MR) is 51.8 cm³/mol. The van der Waals surface area contributed by atoms with Crippen LogP contribution < -0.4 is 8.92 Å². The molecule has 0 unspecified atom stereocenters. The van der Waals surface area contributed by atoms with Gasteiger partial charge in [0.05, 0.1) is 18.6 Å². The second kappa shape index (κ2) is 4.93. The average Bonchev–Trinajstić information content (AvgIpc) is 2.09. The van der Waals surface area contributed by atoms with Crippen molar-refractivity contribution in [1.29, 1.82) is 0 Å². The summed E-state index contributed by atoms with van der Waals surface area (Å²) in [6, 6.07) is 7.58. The van der Waals surface area contributed by atoms with Gasteiger partial charge < -0.3 is 8.92 Å². The van der Waals surface area contributed by atoms with Crippen LogP contribution >= 0.6 is 12.0 Å². The molecule has 12 heavy (non-hydrogen) atoms. The summed E-state index contributed by atoms with van der Waals surface area (Å²) in [4.78, 5) is 0. The van der Waals surface area contributed by atoms with E-state index in [1.807, 2.05) is 37.4 Å². The van der Waals surface area contributed by atoms with Crippen LogP contribution in [0.1, 0.15) is 6.92 Å². The number of hydrogen-bond acceptors (Lipinski definition) is 3. The summed E-state index contributed by atoms with van der Waals surface area (Å²) in [7, 11) is 0. The lowest BCUT2D eigenvalue weighted by molar-refractivity contribution is 0.340. The van der Waals surface area contributed by atoms with Crippen molar-refractivity contribution in [2.45, 2.75) is 6.92 Å². The Bertz CT molecular complexity index is 195. The molecule has 2 nitrogen and oxygen atoms in total.